The third-order valence-electron chi connectivity index (χ3n) is 2.80. The molecule has 0 aromatic carbocycles. The van der Waals surface area contributed by atoms with Crippen molar-refractivity contribution in [3.63, 3.8) is 0 Å². The summed E-state index contributed by atoms with van der Waals surface area (Å²) in [5.41, 5.74) is 0.856. The van der Waals surface area contributed by atoms with Crippen LogP contribution in [0, 0.1) is 0 Å². The van der Waals surface area contributed by atoms with Gasteiger partial charge >= 0.3 is 0 Å². The zero-order valence-electron chi connectivity index (χ0n) is 11.4. The van der Waals surface area contributed by atoms with Gasteiger partial charge in [-0.3, -0.25) is 4.79 Å². The summed E-state index contributed by atoms with van der Waals surface area (Å²) in [5, 5.41) is 0. The van der Waals surface area contributed by atoms with Gasteiger partial charge in [0.2, 0.25) is 5.91 Å². The molecule has 4 nitrogen and oxygen atoms in total. The Balaban J connectivity index is 2.51. The van der Waals surface area contributed by atoms with E-state index in [4.69, 9.17) is 0 Å². The summed E-state index contributed by atoms with van der Waals surface area (Å²) in [6.07, 6.45) is 11.1. The van der Waals surface area contributed by atoms with Gasteiger partial charge in [0.25, 0.3) is 0 Å². The van der Waals surface area contributed by atoms with Crippen molar-refractivity contribution in [3.05, 3.63) is 24.3 Å². The number of hydrogen-bond acceptors (Lipinski definition) is 2. The summed E-state index contributed by atoms with van der Waals surface area (Å²) < 4.78 is 0. The number of rotatable bonds is 8. The highest BCUT2D eigenvalue weighted by molar-refractivity contribution is 5.91. The molecule has 0 spiro atoms. The number of unbranched alkanes of at least 4 members (excludes halogenated alkanes) is 2. The topological polar surface area (TPSA) is 49.0 Å². The molecule has 1 amide bonds. The maximum absolute atomic E-state index is 12.1. The largest absolute Gasteiger partial charge is 0.345 e. The van der Waals surface area contributed by atoms with E-state index in [-0.39, 0.29) is 5.91 Å². The molecule has 0 radical (unpaired) electrons. The fourth-order valence-electron chi connectivity index (χ4n) is 1.65. The van der Waals surface area contributed by atoms with Crippen LogP contribution in [0.1, 0.15) is 45.2 Å². The van der Waals surface area contributed by atoms with E-state index >= 15 is 0 Å². The van der Waals surface area contributed by atoms with Crippen LogP contribution in [0.3, 0.4) is 0 Å². The zero-order chi connectivity index (χ0) is 13.2. The van der Waals surface area contributed by atoms with E-state index in [1.165, 1.54) is 0 Å². The summed E-state index contributed by atoms with van der Waals surface area (Å²) >= 11 is 0. The smallest absolute Gasteiger partial charge is 0.246 e. The van der Waals surface area contributed by atoms with E-state index in [1.807, 2.05) is 4.90 Å². The average molecular weight is 249 g/mol. The summed E-state index contributed by atoms with van der Waals surface area (Å²) in [4.78, 5) is 20.8. The first-order valence-corrected chi connectivity index (χ1v) is 6.73. The number of aromatic amines is 1. The number of imidazole rings is 1. The van der Waals surface area contributed by atoms with Gasteiger partial charge < -0.3 is 9.88 Å². The van der Waals surface area contributed by atoms with E-state index in [0.717, 1.165) is 44.5 Å². The van der Waals surface area contributed by atoms with Crippen LogP contribution in [-0.4, -0.2) is 33.9 Å². The Bertz CT molecular complexity index is 349. The van der Waals surface area contributed by atoms with Crippen LogP contribution in [0.25, 0.3) is 6.08 Å². The molecule has 0 atom stereocenters. The van der Waals surface area contributed by atoms with Gasteiger partial charge in [-0.05, 0) is 18.9 Å². The van der Waals surface area contributed by atoms with E-state index in [0.29, 0.717) is 0 Å². The predicted molar refractivity (Wildman–Crippen MR) is 74.0 cm³/mol. The SMILES string of the molecule is CCCCN(CCCC)C(=O)/C=C/c1cnc[nH]1. The molecule has 0 aliphatic heterocycles. The van der Waals surface area contributed by atoms with E-state index in [2.05, 4.69) is 23.8 Å². The Kier molecular flexibility index (Phi) is 6.84. The molecule has 4 heteroatoms. The summed E-state index contributed by atoms with van der Waals surface area (Å²) in [6, 6.07) is 0. The number of carbonyl (C=O) groups is 1. The maximum atomic E-state index is 12.1. The van der Waals surface area contributed by atoms with Gasteiger partial charge in [0.05, 0.1) is 18.2 Å². The summed E-state index contributed by atoms with van der Waals surface area (Å²) in [5.74, 6) is 0.0894. The van der Waals surface area contributed by atoms with Gasteiger partial charge in [-0.2, -0.15) is 0 Å². The lowest BCUT2D eigenvalue weighted by Crippen LogP contribution is -2.31. The molecular weight excluding hydrogens is 226 g/mol. The number of nitrogens with zero attached hydrogens (tertiary/aromatic N) is 2. The molecule has 1 heterocycles. The monoisotopic (exact) mass is 249 g/mol. The van der Waals surface area contributed by atoms with Gasteiger partial charge in [0, 0.05) is 19.2 Å². The van der Waals surface area contributed by atoms with E-state index in [9.17, 15) is 4.79 Å². The Labute approximate surface area is 109 Å². The first-order chi connectivity index (χ1) is 8.77. The minimum Gasteiger partial charge on any atom is -0.345 e. The van der Waals surface area contributed by atoms with Crippen molar-refractivity contribution >= 4 is 12.0 Å². The lowest BCUT2D eigenvalue weighted by Gasteiger charge is -2.20. The number of carbonyl (C=O) groups excluding carboxylic acids is 1. The van der Waals surface area contributed by atoms with Crippen LogP contribution in [0.5, 0.6) is 0 Å². The standard InChI is InChI=1S/C14H23N3O/c1-3-5-9-17(10-6-4-2)14(18)8-7-13-11-15-12-16-13/h7-8,11-12H,3-6,9-10H2,1-2H3,(H,15,16)/b8-7+. The normalized spacial score (nSPS) is 11.0. The fraction of sp³-hybridized carbons (Fsp3) is 0.571. The van der Waals surface area contributed by atoms with Crippen LogP contribution in [-0.2, 0) is 4.79 Å². The quantitative estimate of drug-likeness (QED) is 0.720. The predicted octanol–water partition coefficient (Wildman–Crippen LogP) is 2.85. The first-order valence-electron chi connectivity index (χ1n) is 6.73. The number of hydrogen-bond donors (Lipinski definition) is 1. The molecule has 1 aromatic heterocycles. The minimum atomic E-state index is 0.0894. The third-order valence-corrected chi connectivity index (χ3v) is 2.80. The highest BCUT2D eigenvalue weighted by atomic mass is 16.2. The molecule has 0 aliphatic carbocycles. The lowest BCUT2D eigenvalue weighted by molar-refractivity contribution is -0.126. The molecular formula is C14H23N3O. The number of amides is 1. The molecule has 0 saturated carbocycles. The second-order valence-electron chi connectivity index (χ2n) is 4.37. The molecule has 0 saturated heterocycles. The average Bonchev–Trinajstić information content (AvgIpc) is 2.89. The Morgan fingerprint density at radius 1 is 1.33 bits per heavy atom. The molecule has 0 bridgehead atoms. The molecule has 1 rings (SSSR count). The van der Waals surface area contributed by atoms with Crippen molar-refractivity contribution in [3.8, 4) is 0 Å². The molecule has 0 unspecified atom stereocenters. The fourth-order valence-corrected chi connectivity index (χ4v) is 1.65. The Hall–Kier alpha value is -1.58. The van der Waals surface area contributed by atoms with Gasteiger partial charge in [0.15, 0.2) is 0 Å². The van der Waals surface area contributed by atoms with Crippen molar-refractivity contribution < 1.29 is 4.79 Å². The molecule has 18 heavy (non-hydrogen) atoms. The van der Waals surface area contributed by atoms with Crippen molar-refractivity contribution in [2.75, 3.05) is 13.1 Å². The van der Waals surface area contributed by atoms with Crippen molar-refractivity contribution in [2.24, 2.45) is 0 Å². The molecule has 1 aromatic rings. The van der Waals surface area contributed by atoms with Gasteiger partial charge in [-0.25, -0.2) is 4.98 Å². The van der Waals surface area contributed by atoms with Gasteiger partial charge in [-0.1, -0.05) is 26.7 Å². The van der Waals surface area contributed by atoms with Crippen LogP contribution >= 0.6 is 0 Å². The van der Waals surface area contributed by atoms with Crippen LogP contribution < -0.4 is 0 Å². The highest BCUT2D eigenvalue weighted by Crippen LogP contribution is 2.02. The minimum absolute atomic E-state index is 0.0894. The number of nitrogens with one attached hydrogen (secondary N) is 1. The van der Waals surface area contributed by atoms with Gasteiger partial charge in [0.1, 0.15) is 0 Å². The van der Waals surface area contributed by atoms with Crippen molar-refractivity contribution in [1.82, 2.24) is 14.9 Å². The highest BCUT2D eigenvalue weighted by Gasteiger charge is 2.08. The molecule has 0 aliphatic rings. The van der Waals surface area contributed by atoms with Crippen molar-refractivity contribution in [1.29, 1.82) is 0 Å². The van der Waals surface area contributed by atoms with Gasteiger partial charge in [-0.15, -0.1) is 0 Å². The molecule has 1 N–H and O–H groups in total. The summed E-state index contributed by atoms with van der Waals surface area (Å²) in [6.45, 7) is 5.98. The summed E-state index contributed by atoms with van der Waals surface area (Å²) in [7, 11) is 0. The lowest BCUT2D eigenvalue weighted by atomic mass is 10.2. The second kappa shape index (κ2) is 8.50. The number of H-pyrrole nitrogens is 1. The van der Waals surface area contributed by atoms with E-state index in [1.54, 1.807) is 24.7 Å². The Morgan fingerprint density at radius 2 is 2.00 bits per heavy atom. The zero-order valence-corrected chi connectivity index (χ0v) is 11.4. The third kappa shape index (κ3) is 5.17. The maximum Gasteiger partial charge on any atom is 0.246 e. The van der Waals surface area contributed by atoms with E-state index < -0.39 is 0 Å². The molecule has 100 valence electrons. The van der Waals surface area contributed by atoms with Crippen molar-refractivity contribution in [2.45, 2.75) is 39.5 Å². The second-order valence-corrected chi connectivity index (χ2v) is 4.37. The first kappa shape index (κ1) is 14.5. The van der Waals surface area contributed by atoms with Crippen LogP contribution in [0.15, 0.2) is 18.6 Å². The van der Waals surface area contributed by atoms with Crippen LogP contribution in [0.2, 0.25) is 0 Å². The number of aromatic nitrogens is 2. The molecule has 0 fully saturated rings. The Morgan fingerprint density at radius 3 is 2.50 bits per heavy atom. The van der Waals surface area contributed by atoms with Crippen LogP contribution in [0.4, 0.5) is 0 Å².